The fraction of sp³-hybridized carbons (Fsp3) is 0.600. The van der Waals surface area contributed by atoms with E-state index >= 15 is 0 Å². The van der Waals surface area contributed by atoms with E-state index in [0.29, 0.717) is 33.0 Å². The van der Waals surface area contributed by atoms with E-state index in [1.54, 1.807) is 0 Å². The number of amides is 2. The Morgan fingerprint density at radius 3 is 2.06 bits per heavy atom. The maximum atomic E-state index is 11.1. The Balaban J connectivity index is 0.00000256. The van der Waals surface area contributed by atoms with Crippen LogP contribution in [0.3, 0.4) is 0 Å². The highest BCUT2D eigenvalue weighted by molar-refractivity contribution is 6.12. The van der Waals surface area contributed by atoms with Crippen molar-refractivity contribution < 1.29 is 19.1 Å². The highest BCUT2D eigenvalue weighted by Crippen LogP contribution is 2.02. The molecule has 0 atom stereocenters. The van der Waals surface area contributed by atoms with Crippen LogP contribution < -0.4 is 5.73 Å². The van der Waals surface area contributed by atoms with Crippen LogP contribution >= 0.6 is 12.4 Å². The molecule has 0 fully saturated rings. The summed E-state index contributed by atoms with van der Waals surface area (Å²) in [6, 6.07) is 0. The van der Waals surface area contributed by atoms with Crippen LogP contribution in [0.15, 0.2) is 12.2 Å². The van der Waals surface area contributed by atoms with Gasteiger partial charge in [-0.15, -0.1) is 12.4 Å². The first kappa shape index (κ1) is 16.1. The number of imide groups is 1. The summed E-state index contributed by atoms with van der Waals surface area (Å²) in [4.78, 5) is 23.4. The van der Waals surface area contributed by atoms with Crippen LogP contribution in [-0.4, -0.2) is 56.2 Å². The largest absolute Gasteiger partial charge is 0.378 e. The lowest BCUT2D eigenvalue weighted by atomic mass is 10.5. The molecule has 0 aromatic rings. The Kier molecular flexibility index (Phi) is 8.61. The van der Waals surface area contributed by atoms with Gasteiger partial charge in [0.05, 0.1) is 33.0 Å². The number of nitrogens with two attached hydrogens (primary N) is 1. The molecule has 0 aliphatic carbocycles. The number of hydrogen-bond acceptors (Lipinski definition) is 5. The van der Waals surface area contributed by atoms with Crippen LogP contribution in [0.5, 0.6) is 0 Å². The molecule has 2 N–H and O–H groups in total. The van der Waals surface area contributed by atoms with Crippen LogP contribution in [0, 0.1) is 0 Å². The lowest BCUT2D eigenvalue weighted by Gasteiger charge is -2.13. The predicted molar refractivity (Wildman–Crippen MR) is 63.8 cm³/mol. The molecule has 7 heteroatoms. The van der Waals surface area contributed by atoms with Gasteiger partial charge in [-0.25, -0.2) is 0 Å². The predicted octanol–water partition coefficient (Wildman–Crippen LogP) is -0.675. The van der Waals surface area contributed by atoms with Crippen molar-refractivity contribution in [3.63, 3.8) is 0 Å². The van der Waals surface area contributed by atoms with Crippen molar-refractivity contribution in [2.24, 2.45) is 5.73 Å². The Morgan fingerprint density at radius 2 is 1.53 bits per heavy atom. The van der Waals surface area contributed by atoms with Gasteiger partial charge in [0.2, 0.25) is 0 Å². The normalized spacial score (nSPS) is 14.3. The van der Waals surface area contributed by atoms with E-state index in [9.17, 15) is 9.59 Å². The second-order valence-corrected chi connectivity index (χ2v) is 3.17. The van der Waals surface area contributed by atoms with Crippen molar-refractivity contribution in [2.75, 3.05) is 39.5 Å². The van der Waals surface area contributed by atoms with Crippen LogP contribution in [-0.2, 0) is 19.1 Å². The molecule has 98 valence electrons. The monoisotopic (exact) mass is 264 g/mol. The van der Waals surface area contributed by atoms with E-state index in [-0.39, 0.29) is 30.8 Å². The first-order chi connectivity index (χ1) is 7.75. The number of nitrogens with zero attached hydrogens (tertiary/aromatic N) is 1. The minimum Gasteiger partial charge on any atom is -0.378 e. The number of hydrogen-bond donors (Lipinski definition) is 1. The zero-order valence-corrected chi connectivity index (χ0v) is 10.3. The van der Waals surface area contributed by atoms with E-state index in [1.165, 1.54) is 12.2 Å². The molecule has 0 aromatic carbocycles. The first-order valence-corrected chi connectivity index (χ1v) is 5.15. The molecule has 0 saturated heterocycles. The molecule has 0 radical (unpaired) electrons. The van der Waals surface area contributed by atoms with E-state index in [2.05, 4.69) is 0 Å². The molecule has 0 bridgehead atoms. The van der Waals surface area contributed by atoms with E-state index in [4.69, 9.17) is 15.2 Å². The van der Waals surface area contributed by atoms with Gasteiger partial charge in [-0.05, 0) is 0 Å². The minimum atomic E-state index is -0.284. The standard InChI is InChI=1S/C10H16N2O4.ClH/c11-3-5-15-7-8-16-6-4-12-9(13)1-2-10(12)14;/h1-2H,3-8,11H2;1H. The molecule has 0 unspecified atom stereocenters. The van der Waals surface area contributed by atoms with Crippen LogP contribution in [0.25, 0.3) is 0 Å². The topological polar surface area (TPSA) is 81.9 Å². The summed E-state index contributed by atoms with van der Waals surface area (Å²) in [5.74, 6) is -0.569. The highest BCUT2D eigenvalue weighted by atomic mass is 35.5. The molecule has 1 heterocycles. The maximum Gasteiger partial charge on any atom is 0.253 e. The van der Waals surface area contributed by atoms with E-state index in [0.717, 1.165) is 4.90 Å². The summed E-state index contributed by atoms with van der Waals surface area (Å²) >= 11 is 0. The number of ether oxygens (including phenoxy) is 2. The SMILES string of the molecule is Cl.NCCOCCOCCN1C(=O)C=CC1=O. The van der Waals surface area contributed by atoms with Gasteiger partial charge in [-0.1, -0.05) is 0 Å². The fourth-order valence-corrected chi connectivity index (χ4v) is 1.21. The summed E-state index contributed by atoms with van der Waals surface area (Å²) in [5, 5.41) is 0. The zero-order chi connectivity index (χ0) is 11.8. The quantitative estimate of drug-likeness (QED) is 0.464. The van der Waals surface area contributed by atoms with Crippen molar-refractivity contribution in [3.05, 3.63) is 12.2 Å². The second kappa shape index (κ2) is 9.12. The first-order valence-electron chi connectivity index (χ1n) is 5.15. The Morgan fingerprint density at radius 1 is 1.00 bits per heavy atom. The third-order valence-electron chi connectivity index (χ3n) is 1.99. The minimum absolute atomic E-state index is 0. The summed E-state index contributed by atoms with van der Waals surface area (Å²) < 4.78 is 10.3. The molecule has 1 rings (SSSR count). The zero-order valence-electron chi connectivity index (χ0n) is 9.46. The van der Waals surface area contributed by atoms with Crippen LogP contribution in [0.1, 0.15) is 0 Å². The van der Waals surface area contributed by atoms with Gasteiger partial charge >= 0.3 is 0 Å². The van der Waals surface area contributed by atoms with Crippen LogP contribution in [0.2, 0.25) is 0 Å². The van der Waals surface area contributed by atoms with Gasteiger partial charge in [-0.3, -0.25) is 14.5 Å². The van der Waals surface area contributed by atoms with E-state index in [1.807, 2.05) is 0 Å². The summed E-state index contributed by atoms with van der Waals surface area (Å²) in [6.45, 7) is 2.51. The van der Waals surface area contributed by atoms with Gasteiger partial charge in [0, 0.05) is 18.7 Å². The maximum absolute atomic E-state index is 11.1. The lowest BCUT2D eigenvalue weighted by molar-refractivity contribution is -0.137. The number of halogens is 1. The molecular formula is C10H17ClN2O4. The van der Waals surface area contributed by atoms with Gasteiger partial charge in [-0.2, -0.15) is 0 Å². The third kappa shape index (κ3) is 5.78. The Labute approximate surface area is 106 Å². The summed E-state index contributed by atoms with van der Waals surface area (Å²) in [6.07, 6.45) is 2.51. The Hall–Kier alpha value is -0.950. The smallest absolute Gasteiger partial charge is 0.253 e. The van der Waals surface area contributed by atoms with Crippen molar-refractivity contribution in [1.82, 2.24) is 4.90 Å². The number of carbonyl (C=O) groups excluding carboxylic acids is 2. The molecule has 0 saturated carbocycles. The van der Waals surface area contributed by atoms with Gasteiger partial charge in [0.1, 0.15) is 0 Å². The third-order valence-corrected chi connectivity index (χ3v) is 1.99. The Bertz CT molecular complexity index is 265. The summed E-state index contributed by atoms with van der Waals surface area (Å²) in [5.41, 5.74) is 5.23. The highest BCUT2D eigenvalue weighted by Gasteiger charge is 2.22. The fourth-order valence-electron chi connectivity index (χ4n) is 1.21. The number of rotatable bonds is 8. The molecule has 1 aliphatic rings. The molecule has 0 spiro atoms. The lowest BCUT2D eigenvalue weighted by Crippen LogP contribution is -2.33. The van der Waals surface area contributed by atoms with E-state index < -0.39 is 0 Å². The van der Waals surface area contributed by atoms with Crippen molar-refractivity contribution in [3.8, 4) is 0 Å². The van der Waals surface area contributed by atoms with Crippen molar-refractivity contribution >= 4 is 24.2 Å². The molecular weight excluding hydrogens is 248 g/mol. The van der Waals surface area contributed by atoms with Crippen LogP contribution in [0.4, 0.5) is 0 Å². The van der Waals surface area contributed by atoms with Crippen molar-refractivity contribution in [1.29, 1.82) is 0 Å². The van der Waals surface area contributed by atoms with Gasteiger partial charge in [0.15, 0.2) is 0 Å². The average molecular weight is 265 g/mol. The molecule has 0 aromatic heterocycles. The molecule has 6 nitrogen and oxygen atoms in total. The number of carbonyl (C=O) groups is 2. The molecule has 2 amide bonds. The second-order valence-electron chi connectivity index (χ2n) is 3.17. The van der Waals surface area contributed by atoms with Gasteiger partial charge < -0.3 is 15.2 Å². The summed E-state index contributed by atoms with van der Waals surface area (Å²) in [7, 11) is 0. The molecule has 17 heavy (non-hydrogen) atoms. The van der Waals surface area contributed by atoms with Crippen molar-refractivity contribution in [2.45, 2.75) is 0 Å². The average Bonchev–Trinajstić information content (AvgIpc) is 2.59. The van der Waals surface area contributed by atoms with Gasteiger partial charge in [0.25, 0.3) is 11.8 Å². The molecule has 1 aliphatic heterocycles.